The van der Waals surface area contributed by atoms with E-state index in [2.05, 4.69) is 10.6 Å². The van der Waals surface area contributed by atoms with E-state index in [9.17, 15) is 14.0 Å². The maximum Gasteiger partial charge on any atom is 0.337 e. The van der Waals surface area contributed by atoms with Crippen molar-refractivity contribution in [2.45, 2.75) is 26.4 Å². The number of halogens is 2. The quantitative estimate of drug-likeness (QED) is 0.755. The van der Waals surface area contributed by atoms with Crippen LogP contribution in [0.4, 0.5) is 9.18 Å². The van der Waals surface area contributed by atoms with Crippen LogP contribution in [0.15, 0.2) is 29.5 Å². The van der Waals surface area contributed by atoms with Gasteiger partial charge in [-0.25, -0.2) is 14.0 Å². The molecular weight excluding hydrogens is 349 g/mol. The van der Waals surface area contributed by atoms with E-state index in [4.69, 9.17) is 16.3 Å². The lowest BCUT2D eigenvalue weighted by molar-refractivity contribution is -0.139. The van der Waals surface area contributed by atoms with Gasteiger partial charge in [0.1, 0.15) is 5.82 Å². The molecule has 0 bridgehead atoms. The van der Waals surface area contributed by atoms with E-state index in [1.54, 1.807) is 31.9 Å². The second-order valence-corrected chi connectivity index (χ2v) is 6.21. The molecule has 2 rings (SSSR count). The Morgan fingerprint density at radius 1 is 1.40 bits per heavy atom. The van der Waals surface area contributed by atoms with Gasteiger partial charge in [-0.2, -0.15) is 0 Å². The van der Waals surface area contributed by atoms with Crippen LogP contribution in [0.25, 0.3) is 0 Å². The maximum atomic E-state index is 13.9. The van der Waals surface area contributed by atoms with Gasteiger partial charge >= 0.3 is 12.0 Å². The van der Waals surface area contributed by atoms with Crippen LogP contribution in [0.1, 0.15) is 19.4 Å². The number of nitrogens with one attached hydrogen (secondary N) is 2. The van der Waals surface area contributed by atoms with Crippen molar-refractivity contribution in [2.24, 2.45) is 0 Å². The number of nitrogens with zero attached hydrogens (tertiary/aromatic N) is 1. The van der Waals surface area contributed by atoms with E-state index in [0.29, 0.717) is 21.9 Å². The van der Waals surface area contributed by atoms with Gasteiger partial charge < -0.3 is 15.4 Å². The van der Waals surface area contributed by atoms with Gasteiger partial charge in [-0.1, -0.05) is 17.7 Å². The van der Waals surface area contributed by atoms with Crippen molar-refractivity contribution < 1.29 is 18.7 Å². The highest BCUT2D eigenvalue weighted by atomic mass is 35.5. The fourth-order valence-corrected chi connectivity index (χ4v) is 2.91. The van der Waals surface area contributed by atoms with Gasteiger partial charge in [0.05, 0.1) is 18.2 Å². The van der Waals surface area contributed by atoms with Crippen LogP contribution in [0, 0.1) is 5.82 Å². The highest BCUT2D eigenvalue weighted by Gasteiger charge is 2.30. The summed E-state index contributed by atoms with van der Waals surface area (Å²) in [6, 6.07) is 3.62. The second-order valence-electron chi connectivity index (χ2n) is 5.81. The number of ether oxygens (including phenoxy) is 1. The van der Waals surface area contributed by atoms with Crippen molar-refractivity contribution in [3.8, 4) is 0 Å². The molecule has 8 heteroatoms. The summed E-state index contributed by atoms with van der Waals surface area (Å²) >= 11 is 6.05. The molecule has 0 spiro atoms. The second kappa shape index (κ2) is 8.31. The van der Waals surface area contributed by atoms with Crippen LogP contribution in [-0.2, 0) is 16.1 Å². The lowest BCUT2D eigenvalue weighted by Gasteiger charge is -2.29. The first kappa shape index (κ1) is 19.2. The average molecular weight is 370 g/mol. The minimum absolute atomic E-state index is 0.225. The molecule has 0 saturated heterocycles. The van der Waals surface area contributed by atoms with Crippen molar-refractivity contribution in [3.63, 3.8) is 0 Å². The summed E-state index contributed by atoms with van der Waals surface area (Å²) < 4.78 is 19.0. The van der Waals surface area contributed by atoms with E-state index in [-0.39, 0.29) is 19.7 Å². The largest absolute Gasteiger partial charge is 0.463 e. The number of carbonyl (C=O) groups is 2. The standard InChI is InChI=1S/C17H21ClFN3O3/c1-4-25-16(23)15-10(2)20-17(24)21-14(15)9-22(3)8-11-12(18)6-5-7-13(11)19/h5-7,10H,4,8-9H2,1-3H3,(H2,20,21,24). The molecule has 0 fully saturated rings. The number of hydrogen-bond donors (Lipinski definition) is 2. The third-order valence-electron chi connectivity index (χ3n) is 3.78. The molecule has 0 saturated carbocycles. The number of hydrogen-bond acceptors (Lipinski definition) is 4. The number of esters is 1. The number of amides is 2. The molecule has 1 aliphatic heterocycles. The number of rotatable bonds is 6. The fourth-order valence-electron chi connectivity index (χ4n) is 2.68. The molecule has 0 radical (unpaired) electrons. The fraction of sp³-hybridized carbons (Fsp3) is 0.412. The summed E-state index contributed by atoms with van der Waals surface area (Å²) in [6.07, 6.45) is 0. The Bertz CT molecular complexity index is 688. The van der Waals surface area contributed by atoms with E-state index >= 15 is 0 Å². The van der Waals surface area contributed by atoms with Gasteiger partial charge in [0.2, 0.25) is 0 Å². The van der Waals surface area contributed by atoms with Gasteiger partial charge in [-0.05, 0) is 33.0 Å². The van der Waals surface area contributed by atoms with Crippen molar-refractivity contribution in [1.29, 1.82) is 0 Å². The minimum Gasteiger partial charge on any atom is -0.463 e. The summed E-state index contributed by atoms with van der Waals surface area (Å²) in [5.74, 6) is -0.892. The first-order valence-electron chi connectivity index (χ1n) is 7.92. The molecule has 1 atom stereocenters. The van der Waals surface area contributed by atoms with E-state index in [0.717, 1.165) is 0 Å². The third kappa shape index (κ3) is 4.70. The molecular formula is C17H21ClFN3O3. The highest BCUT2D eigenvalue weighted by Crippen LogP contribution is 2.21. The number of carbonyl (C=O) groups excluding carboxylic acids is 2. The zero-order valence-corrected chi connectivity index (χ0v) is 15.1. The summed E-state index contributed by atoms with van der Waals surface area (Å²) in [7, 11) is 1.75. The zero-order valence-electron chi connectivity index (χ0n) is 14.4. The summed E-state index contributed by atoms with van der Waals surface area (Å²) in [5.41, 5.74) is 1.15. The predicted molar refractivity (Wildman–Crippen MR) is 92.5 cm³/mol. The topological polar surface area (TPSA) is 70.7 Å². The smallest absolute Gasteiger partial charge is 0.337 e. The highest BCUT2D eigenvalue weighted by molar-refractivity contribution is 6.31. The number of likely N-dealkylation sites (N-methyl/N-ethyl adjacent to an activating group) is 1. The molecule has 2 N–H and O–H groups in total. The van der Waals surface area contributed by atoms with E-state index in [1.807, 2.05) is 0 Å². The van der Waals surface area contributed by atoms with Gasteiger partial charge in [0.15, 0.2) is 0 Å². The van der Waals surface area contributed by atoms with Crippen LogP contribution in [0.3, 0.4) is 0 Å². The van der Waals surface area contributed by atoms with Crippen molar-refractivity contribution in [1.82, 2.24) is 15.5 Å². The number of benzene rings is 1. The van der Waals surface area contributed by atoms with Crippen LogP contribution >= 0.6 is 11.6 Å². The molecule has 25 heavy (non-hydrogen) atoms. The Balaban J connectivity index is 2.22. The lowest BCUT2D eigenvalue weighted by atomic mass is 10.0. The first-order valence-corrected chi connectivity index (χ1v) is 8.30. The minimum atomic E-state index is -0.491. The lowest BCUT2D eigenvalue weighted by Crippen LogP contribution is -2.51. The molecule has 1 aromatic rings. The summed E-state index contributed by atoms with van der Waals surface area (Å²) in [5, 5.41) is 5.60. The summed E-state index contributed by atoms with van der Waals surface area (Å²) in [4.78, 5) is 25.7. The molecule has 2 amide bonds. The van der Waals surface area contributed by atoms with Crippen LogP contribution in [0.2, 0.25) is 5.02 Å². The Kier molecular flexibility index (Phi) is 6.39. The zero-order chi connectivity index (χ0) is 18.6. The third-order valence-corrected chi connectivity index (χ3v) is 4.14. The number of urea groups is 1. The molecule has 136 valence electrons. The van der Waals surface area contributed by atoms with Crippen LogP contribution in [0.5, 0.6) is 0 Å². The van der Waals surface area contributed by atoms with Crippen molar-refractivity contribution in [2.75, 3.05) is 20.2 Å². The van der Waals surface area contributed by atoms with Crippen molar-refractivity contribution in [3.05, 3.63) is 45.9 Å². The van der Waals surface area contributed by atoms with Crippen LogP contribution < -0.4 is 10.6 Å². The van der Waals surface area contributed by atoms with Gasteiger partial charge in [0.25, 0.3) is 0 Å². The molecule has 1 aliphatic rings. The molecule has 1 heterocycles. The average Bonchev–Trinajstić information content (AvgIpc) is 2.50. The monoisotopic (exact) mass is 369 g/mol. The van der Waals surface area contributed by atoms with E-state index in [1.165, 1.54) is 12.1 Å². The molecule has 1 unspecified atom stereocenters. The van der Waals surface area contributed by atoms with E-state index < -0.39 is 23.9 Å². The Hall–Kier alpha value is -2.12. The Morgan fingerprint density at radius 2 is 2.12 bits per heavy atom. The molecule has 1 aromatic carbocycles. The summed E-state index contributed by atoms with van der Waals surface area (Å²) in [6.45, 7) is 4.11. The van der Waals surface area contributed by atoms with Gasteiger partial charge in [-0.15, -0.1) is 0 Å². The van der Waals surface area contributed by atoms with Crippen LogP contribution in [-0.4, -0.2) is 43.1 Å². The Labute approximate surface area is 151 Å². The van der Waals surface area contributed by atoms with Crippen molar-refractivity contribution >= 4 is 23.6 Å². The Morgan fingerprint density at radius 3 is 2.76 bits per heavy atom. The molecule has 0 aromatic heterocycles. The molecule has 6 nitrogen and oxygen atoms in total. The molecule has 0 aliphatic carbocycles. The normalized spacial score (nSPS) is 17.4. The SMILES string of the molecule is CCOC(=O)C1=C(CN(C)Cc2c(F)cccc2Cl)NC(=O)NC1C. The maximum absolute atomic E-state index is 13.9. The first-order chi connectivity index (χ1) is 11.8. The van der Waals surface area contributed by atoms with Gasteiger partial charge in [-0.3, -0.25) is 4.90 Å². The predicted octanol–water partition coefficient (Wildman–Crippen LogP) is 2.43. The van der Waals surface area contributed by atoms with Gasteiger partial charge in [0, 0.05) is 29.4 Å².